The molecule has 27 heavy (non-hydrogen) atoms. The second kappa shape index (κ2) is 8.07. The number of hydrogen-bond donors (Lipinski definition) is 1. The topological polar surface area (TPSA) is 82.2 Å². The average molecular weight is 368 g/mol. The number of rotatable bonds is 7. The lowest BCUT2D eigenvalue weighted by atomic mass is 10.1. The maximum atomic E-state index is 12.6. The summed E-state index contributed by atoms with van der Waals surface area (Å²) < 4.78 is 12.9. The molecule has 0 saturated heterocycles. The lowest BCUT2D eigenvalue weighted by molar-refractivity contribution is 0.0924. The smallest absolute Gasteiger partial charge is 0.274 e. The van der Waals surface area contributed by atoms with Gasteiger partial charge in [0.15, 0.2) is 5.69 Å². The van der Waals surface area contributed by atoms with Crippen LogP contribution >= 0.6 is 0 Å². The zero-order chi connectivity index (χ0) is 19.4. The summed E-state index contributed by atoms with van der Waals surface area (Å²) in [4.78, 5) is 12.6. The van der Waals surface area contributed by atoms with Crippen molar-refractivity contribution >= 4 is 5.91 Å². The van der Waals surface area contributed by atoms with E-state index in [2.05, 4.69) is 21.6 Å². The predicted octanol–water partition coefficient (Wildman–Crippen LogP) is 3.19. The number of carbonyl (C=O) groups is 1. The van der Waals surface area contributed by atoms with Crippen LogP contribution in [0.2, 0.25) is 0 Å². The van der Waals surface area contributed by atoms with Crippen LogP contribution < -0.4 is 10.1 Å². The van der Waals surface area contributed by atoms with Crippen LogP contribution in [0.1, 0.15) is 39.9 Å². The van der Waals surface area contributed by atoms with Crippen molar-refractivity contribution in [1.82, 2.24) is 20.3 Å². The molecule has 0 aliphatic heterocycles. The van der Waals surface area contributed by atoms with Crippen molar-refractivity contribution in [2.75, 3.05) is 0 Å². The quantitative estimate of drug-likeness (QED) is 0.692. The highest BCUT2D eigenvalue weighted by Crippen LogP contribution is 2.22. The summed E-state index contributed by atoms with van der Waals surface area (Å²) in [7, 11) is 0. The van der Waals surface area contributed by atoms with Crippen molar-refractivity contribution < 1.29 is 14.1 Å². The van der Waals surface area contributed by atoms with Gasteiger partial charge in [0.1, 0.15) is 18.1 Å². The molecule has 142 valence electrons. The third kappa shape index (κ3) is 4.55. The molecule has 0 saturated carbocycles. The van der Waals surface area contributed by atoms with Crippen LogP contribution in [-0.2, 0) is 13.2 Å². The van der Waals surface area contributed by atoms with Gasteiger partial charge in [-0.3, -0.25) is 9.48 Å². The SMILES string of the molecule is Cc1ccc(OCc2c(C(=O)NC(C)Cn3cccn3)noc2C)c(C)c1. The molecule has 2 heterocycles. The zero-order valence-electron chi connectivity index (χ0n) is 16.0. The van der Waals surface area contributed by atoms with Gasteiger partial charge < -0.3 is 14.6 Å². The minimum absolute atomic E-state index is 0.109. The van der Waals surface area contributed by atoms with Crippen molar-refractivity contribution in [2.45, 2.75) is 46.9 Å². The molecular weight excluding hydrogens is 344 g/mol. The van der Waals surface area contributed by atoms with E-state index in [-0.39, 0.29) is 24.2 Å². The third-order valence-electron chi connectivity index (χ3n) is 4.30. The Morgan fingerprint density at radius 3 is 2.85 bits per heavy atom. The fraction of sp³-hybridized carbons (Fsp3) is 0.350. The summed E-state index contributed by atoms with van der Waals surface area (Å²) in [6, 6.07) is 7.72. The van der Waals surface area contributed by atoms with E-state index in [9.17, 15) is 4.79 Å². The van der Waals surface area contributed by atoms with Gasteiger partial charge in [-0.1, -0.05) is 22.9 Å². The van der Waals surface area contributed by atoms with Gasteiger partial charge in [-0.15, -0.1) is 0 Å². The van der Waals surface area contributed by atoms with Gasteiger partial charge in [-0.2, -0.15) is 5.10 Å². The van der Waals surface area contributed by atoms with Gasteiger partial charge in [-0.05, 0) is 45.4 Å². The molecule has 1 amide bonds. The van der Waals surface area contributed by atoms with Crippen LogP contribution in [0.15, 0.2) is 41.2 Å². The molecule has 3 rings (SSSR count). The standard InChI is InChI=1S/C20H24N4O3/c1-13-6-7-18(14(2)10-13)26-12-17-16(4)27-23-19(17)20(25)22-15(3)11-24-9-5-8-21-24/h5-10,15H,11-12H2,1-4H3,(H,22,25). The molecule has 0 aliphatic rings. The first-order chi connectivity index (χ1) is 12.9. The Morgan fingerprint density at radius 2 is 2.15 bits per heavy atom. The maximum absolute atomic E-state index is 12.6. The van der Waals surface area contributed by atoms with Crippen LogP contribution in [0.5, 0.6) is 5.75 Å². The lowest BCUT2D eigenvalue weighted by Crippen LogP contribution is -2.36. The van der Waals surface area contributed by atoms with Crippen LogP contribution in [0.25, 0.3) is 0 Å². The summed E-state index contributed by atoms with van der Waals surface area (Å²) in [5, 5.41) is 11.0. The summed E-state index contributed by atoms with van der Waals surface area (Å²) in [6.45, 7) is 8.51. The van der Waals surface area contributed by atoms with Crippen molar-refractivity contribution in [3.63, 3.8) is 0 Å². The van der Waals surface area contributed by atoms with Gasteiger partial charge in [-0.25, -0.2) is 0 Å². The number of nitrogens with one attached hydrogen (secondary N) is 1. The van der Waals surface area contributed by atoms with Gasteiger partial charge in [0.25, 0.3) is 5.91 Å². The number of carbonyl (C=O) groups excluding carboxylic acids is 1. The lowest BCUT2D eigenvalue weighted by Gasteiger charge is -2.14. The fourth-order valence-corrected chi connectivity index (χ4v) is 2.88. The summed E-state index contributed by atoms with van der Waals surface area (Å²) in [5.41, 5.74) is 3.12. The molecule has 0 aliphatic carbocycles. The molecule has 2 aromatic heterocycles. The van der Waals surface area contributed by atoms with Crippen molar-refractivity contribution in [2.24, 2.45) is 0 Å². The van der Waals surface area contributed by atoms with Gasteiger partial charge in [0, 0.05) is 18.4 Å². The molecular formula is C20H24N4O3. The minimum Gasteiger partial charge on any atom is -0.488 e. The third-order valence-corrected chi connectivity index (χ3v) is 4.30. The number of benzene rings is 1. The van der Waals surface area contributed by atoms with E-state index in [1.54, 1.807) is 17.8 Å². The van der Waals surface area contributed by atoms with E-state index in [1.807, 2.05) is 45.2 Å². The number of aryl methyl sites for hydroxylation is 3. The molecule has 0 fully saturated rings. The van der Waals surface area contributed by atoms with E-state index >= 15 is 0 Å². The van der Waals surface area contributed by atoms with Crippen LogP contribution in [0.3, 0.4) is 0 Å². The van der Waals surface area contributed by atoms with Gasteiger partial charge in [0.2, 0.25) is 0 Å². The first-order valence-electron chi connectivity index (χ1n) is 8.87. The van der Waals surface area contributed by atoms with Crippen molar-refractivity contribution in [3.8, 4) is 5.75 Å². The number of aromatic nitrogens is 3. The monoisotopic (exact) mass is 368 g/mol. The number of hydrogen-bond acceptors (Lipinski definition) is 5. The first kappa shape index (κ1) is 18.7. The second-order valence-electron chi connectivity index (χ2n) is 6.73. The van der Waals surface area contributed by atoms with E-state index in [1.165, 1.54) is 5.56 Å². The Kier molecular flexibility index (Phi) is 5.59. The summed E-state index contributed by atoms with van der Waals surface area (Å²) in [6.07, 6.45) is 3.56. The molecule has 0 spiro atoms. The largest absolute Gasteiger partial charge is 0.488 e. The van der Waals surface area contributed by atoms with Gasteiger partial charge in [0.05, 0.1) is 12.1 Å². The van der Waals surface area contributed by atoms with E-state index in [4.69, 9.17) is 9.26 Å². The molecule has 1 aromatic carbocycles. The molecule has 3 aromatic rings. The Hall–Kier alpha value is -3.09. The highest BCUT2D eigenvalue weighted by atomic mass is 16.5. The predicted molar refractivity (Wildman–Crippen MR) is 101 cm³/mol. The van der Waals surface area contributed by atoms with Crippen molar-refractivity contribution in [3.05, 3.63) is 64.8 Å². The summed E-state index contributed by atoms with van der Waals surface area (Å²) in [5.74, 6) is 1.06. The molecule has 0 bridgehead atoms. The number of nitrogens with zero attached hydrogens (tertiary/aromatic N) is 3. The molecule has 0 radical (unpaired) electrons. The average Bonchev–Trinajstić information content (AvgIpc) is 3.24. The Labute approximate surface area is 158 Å². The molecule has 1 N–H and O–H groups in total. The molecule has 1 atom stereocenters. The Balaban J connectivity index is 1.67. The highest BCUT2D eigenvalue weighted by Gasteiger charge is 2.22. The normalized spacial score (nSPS) is 12.0. The number of ether oxygens (including phenoxy) is 1. The summed E-state index contributed by atoms with van der Waals surface area (Å²) >= 11 is 0. The van der Waals surface area contributed by atoms with E-state index < -0.39 is 0 Å². The Bertz CT molecular complexity index is 915. The second-order valence-corrected chi connectivity index (χ2v) is 6.73. The van der Waals surface area contributed by atoms with Crippen LogP contribution in [0, 0.1) is 20.8 Å². The molecule has 7 nitrogen and oxygen atoms in total. The highest BCUT2D eigenvalue weighted by molar-refractivity contribution is 5.93. The van der Waals surface area contributed by atoms with Crippen LogP contribution in [0.4, 0.5) is 0 Å². The van der Waals surface area contributed by atoms with E-state index in [0.29, 0.717) is 17.9 Å². The molecule has 7 heteroatoms. The van der Waals surface area contributed by atoms with Crippen LogP contribution in [-0.4, -0.2) is 26.9 Å². The van der Waals surface area contributed by atoms with Crippen molar-refractivity contribution in [1.29, 1.82) is 0 Å². The minimum atomic E-state index is -0.286. The maximum Gasteiger partial charge on any atom is 0.274 e. The first-order valence-corrected chi connectivity index (χ1v) is 8.87. The Morgan fingerprint density at radius 1 is 1.33 bits per heavy atom. The fourth-order valence-electron chi connectivity index (χ4n) is 2.88. The van der Waals surface area contributed by atoms with Gasteiger partial charge >= 0.3 is 0 Å². The number of amides is 1. The van der Waals surface area contributed by atoms with E-state index in [0.717, 1.165) is 11.3 Å². The zero-order valence-corrected chi connectivity index (χ0v) is 16.0. The molecule has 1 unspecified atom stereocenters.